The van der Waals surface area contributed by atoms with E-state index in [2.05, 4.69) is 45.0 Å². The molecule has 1 N–H and O–H groups in total. The molecule has 1 saturated heterocycles. The molecule has 5 nitrogen and oxygen atoms in total. The fourth-order valence-electron chi connectivity index (χ4n) is 9.23. The summed E-state index contributed by atoms with van der Waals surface area (Å²) in [5.74, 6) is -1.16. The maximum absolute atomic E-state index is 17.5. The molecule has 1 aromatic rings. The van der Waals surface area contributed by atoms with E-state index >= 15 is 4.39 Å². The van der Waals surface area contributed by atoms with Crippen LogP contribution in [0.4, 0.5) is 8.78 Å². The maximum Gasteiger partial charge on any atom is 0.226 e. The Morgan fingerprint density at radius 2 is 1.90 bits per heavy atom. The zero-order chi connectivity index (χ0) is 29.6. The number of fused-ring (bicyclic) bond motifs is 7. The zero-order valence-electron chi connectivity index (χ0n) is 24.6. The third-order valence-corrected chi connectivity index (χ3v) is 12.0. The molecule has 4 fully saturated rings. The van der Waals surface area contributed by atoms with Crippen molar-refractivity contribution in [2.75, 3.05) is 12.6 Å². The smallest absolute Gasteiger partial charge is 0.226 e. The molecule has 4 aliphatic carbocycles. The Morgan fingerprint density at radius 3 is 2.56 bits per heavy atom. The number of hydrogen-bond donors (Lipinski definition) is 1. The summed E-state index contributed by atoms with van der Waals surface area (Å²) in [4.78, 5) is 32.7. The lowest BCUT2D eigenvalue weighted by atomic mass is 9.45. The number of carbonyl (C=O) groups is 2. The topological polar surface area (TPSA) is 66.8 Å². The van der Waals surface area contributed by atoms with Gasteiger partial charge in [-0.05, 0) is 67.2 Å². The van der Waals surface area contributed by atoms with Gasteiger partial charge in [-0.25, -0.2) is 8.78 Å². The molecular formula is C33H41F2NO4S. The largest absolute Gasteiger partial charge is 0.390 e. The van der Waals surface area contributed by atoms with E-state index in [-0.39, 0.29) is 34.6 Å². The third kappa shape index (κ3) is 3.96. The van der Waals surface area contributed by atoms with Gasteiger partial charge in [-0.15, -0.1) is 0 Å². The van der Waals surface area contributed by atoms with Crippen molar-refractivity contribution in [3.05, 3.63) is 59.2 Å². The van der Waals surface area contributed by atoms with Crippen LogP contribution in [0, 0.1) is 28.6 Å². The number of carbonyl (C=O) groups excluding carboxylic acids is 2. The first-order valence-electron chi connectivity index (χ1n) is 14.8. The quantitative estimate of drug-likeness (QED) is 0.451. The van der Waals surface area contributed by atoms with Crippen LogP contribution in [0.2, 0.25) is 0 Å². The minimum Gasteiger partial charge on any atom is -0.390 e. The van der Waals surface area contributed by atoms with Gasteiger partial charge in [0.05, 0.1) is 6.10 Å². The van der Waals surface area contributed by atoms with Gasteiger partial charge < -0.3 is 5.11 Å². The first-order chi connectivity index (χ1) is 19.2. The Balaban J connectivity index is 1.34. The van der Waals surface area contributed by atoms with Gasteiger partial charge >= 0.3 is 0 Å². The Morgan fingerprint density at radius 1 is 1.20 bits per heavy atom. The Labute approximate surface area is 245 Å². The first kappa shape index (κ1) is 29.2. The molecule has 1 aromatic carbocycles. The predicted octanol–water partition coefficient (Wildman–Crippen LogP) is 6.25. The van der Waals surface area contributed by atoms with E-state index in [1.807, 2.05) is 12.0 Å². The molecule has 222 valence electrons. The van der Waals surface area contributed by atoms with E-state index in [0.29, 0.717) is 44.1 Å². The molecule has 5 aliphatic rings. The molecule has 41 heavy (non-hydrogen) atoms. The van der Waals surface area contributed by atoms with Crippen LogP contribution in [0.15, 0.2) is 48.1 Å². The van der Waals surface area contributed by atoms with Crippen LogP contribution in [-0.4, -0.2) is 51.0 Å². The van der Waals surface area contributed by atoms with Crippen molar-refractivity contribution in [2.24, 2.45) is 28.6 Å². The molecule has 0 spiro atoms. The molecule has 8 heteroatoms. The molecular weight excluding hydrogens is 544 g/mol. The van der Waals surface area contributed by atoms with Crippen molar-refractivity contribution in [1.82, 2.24) is 5.06 Å². The van der Waals surface area contributed by atoms with Crippen LogP contribution in [0.1, 0.15) is 71.4 Å². The number of rotatable bonds is 4. The van der Waals surface area contributed by atoms with E-state index in [9.17, 15) is 19.1 Å². The van der Waals surface area contributed by atoms with Crippen LogP contribution < -0.4 is 0 Å². The third-order valence-electron chi connectivity index (χ3n) is 11.4. The normalized spacial score (nSPS) is 41.9. The minimum atomic E-state index is -1.98. The molecule has 1 aliphatic heterocycles. The van der Waals surface area contributed by atoms with E-state index in [1.165, 1.54) is 17.7 Å². The van der Waals surface area contributed by atoms with E-state index in [0.717, 1.165) is 11.1 Å². The molecule has 6 rings (SSSR count). The Hall–Kier alpha value is -1.87. The number of benzene rings is 1. The second-order valence-electron chi connectivity index (χ2n) is 14.3. The van der Waals surface area contributed by atoms with Gasteiger partial charge in [0.15, 0.2) is 17.1 Å². The number of aliphatic hydroxyl groups excluding tert-OH is 1. The summed E-state index contributed by atoms with van der Waals surface area (Å²) in [5.41, 5.74) is -2.28. The van der Waals surface area contributed by atoms with Gasteiger partial charge in [0.2, 0.25) is 5.12 Å². The van der Waals surface area contributed by atoms with Crippen LogP contribution in [0.5, 0.6) is 0 Å². The first-order valence-corrected chi connectivity index (χ1v) is 15.8. The van der Waals surface area contributed by atoms with Gasteiger partial charge in [0.25, 0.3) is 0 Å². The number of halogens is 2. The van der Waals surface area contributed by atoms with Crippen LogP contribution in [-0.2, 0) is 26.4 Å². The lowest BCUT2D eigenvalue weighted by Gasteiger charge is -2.62. The number of allylic oxidation sites excluding steroid dienone is 4. The SMILES string of the molecule is CC(C)(C)c1ccc(CN2C[C@@H]3C[C@H]4[C@@H]5CCC6=CC(=O)C=C[C@]6(C)[C@@]5(F)[C@@H](O)C[C@]4(C)[C@]3(C(=O)SCF)O2)cc1. The second kappa shape index (κ2) is 9.57. The lowest BCUT2D eigenvalue weighted by Crippen LogP contribution is -2.69. The monoisotopic (exact) mass is 585 g/mol. The van der Waals surface area contributed by atoms with Crippen molar-refractivity contribution in [3.8, 4) is 0 Å². The average molecular weight is 586 g/mol. The average Bonchev–Trinajstić information content (AvgIpc) is 3.37. The van der Waals surface area contributed by atoms with Gasteiger partial charge in [0.1, 0.15) is 6.01 Å². The summed E-state index contributed by atoms with van der Waals surface area (Å²) in [6.45, 7) is 11.2. The number of thioether (sulfide) groups is 1. The summed E-state index contributed by atoms with van der Waals surface area (Å²) < 4.78 is 31.2. The lowest BCUT2D eigenvalue weighted by molar-refractivity contribution is -0.264. The fourth-order valence-corrected chi connectivity index (χ4v) is 9.98. The van der Waals surface area contributed by atoms with Crippen LogP contribution in [0.25, 0.3) is 0 Å². The molecule has 0 radical (unpaired) electrons. The Bertz CT molecular complexity index is 1320. The zero-order valence-corrected chi connectivity index (χ0v) is 25.4. The van der Waals surface area contributed by atoms with Crippen LogP contribution >= 0.6 is 11.8 Å². The molecule has 0 bridgehead atoms. The van der Waals surface area contributed by atoms with E-state index in [1.54, 1.807) is 13.0 Å². The molecule has 0 aromatic heterocycles. The molecule has 0 amide bonds. The van der Waals surface area contributed by atoms with Crippen LogP contribution in [0.3, 0.4) is 0 Å². The van der Waals surface area contributed by atoms with Gasteiger partial charge in [-0.3, -0.25) is 14.4 Å². The maximum atomic E-state index is 17.5. The predicted molar refractivity (Wildman–Crippen MR) is 155 cm³/mol. The summed E-state index contributed by atoms with van der Waals surface area (Å²) in [7, 11) is 0. The van der Waals surface area contributed by atoms with Crippen molar-refractivity contribution in [1.29, 1.82) is 0 Å². The summed E-state index contributed by atoms with van der Waals surface area (Å²) >= 11 is 0.620. The summed E-state index contributed by atoms with van der Waals surface area (Å²) in [6, 6.07) is 7.51. The van der Waals surface area contributed by atoms with Gasteiger partial charge in [0, 0.05) is 35.8 Å². The standard InChI is InChI=1S/C33H41F2NO4S/c1-29(2,3)21-8-6-20(7-9-21)17-36-18-23-15-26-25-11-10-22-14-24(37)12-13-30(22,4)32(25,35)27(38)16-31(26,5)33(23,40-36)28(39)41-19-34/h6-9,12-14,23,25-27,38H,10-11,15-19H2,1-5H3/t23-,25-,26-,27-,30-,31-,32-,33-/m0/s1. The van der Waals surface area contributed by atoms with Crippen molar-refractivity contribution in [2.45, 2.75) is 89.6 Å². The highest BCUT2D eigenvalue weighted by Crippen LogP contribution is 2.73. The molecule has 3 saturated carbocycles. The highest BCUT2D eigenvalue weighted by molar-refractivity contribution is 8.13. The highest BCUT2D eigenvalue weighted by atomic mass is 32.2. The van der Waals surface area contributed by atoms with Crippen molar-refractivity contribution in [3.63, 3.8) is 0 Å². The number of alkyl halides is 2. The number of nitrogens with zero attached hydrogens (tertiary/aromatic N) is 1. The fraction of sp³-hybridized carbons (Fsp3) is 0.636. The second-order valence-corrected chi connectivity index (χ2v) is 15.2. The van der Waals surface area contributed by atoms with Crippen molar-refractivity contribution < 1.29 is 28.3 Å². The van der Waals surface area contributed by atoms with Crippen molar-refractivity contribution >= 4 is 22.7 Å². The molecule has 0 unspecified atom stereocenters. The van der Waals surface area contributed by atoms with Gasteiger partial charge in [-0.1, -0.05) is 75.4 Å². The van der Waals surface area contributed by atoms with Gasteiger partial charge in [-0.2, -0.15) is 5.06 Å². The number of hydroxylamine groups is 2. The Kier molecular flexibility index (Phi) is 6.82. The summed E-state index contributed by atoms with van der Waals surface area (Å²) in [6.07, 6.45) is 4.84. The van der Waals surface area contributed by atoms with E-state index in [4.69, 9.17) is 4.84 Å². The minimum absolute atomic E-state index is 0.0263. The summed E-state index contributed by atoms with van der Waals surface area (Å²) in [5, 5.41) is 13.1. The van der Waals surface area contributed by atoms with E-state index < -0.39 is 40.1 Å². The number of aliphatic hydroxyl groups is 1. The number of hydrogen-bond acceptors (Lipinski definition) is 6. The molecule has 8 atom stereocenters. The highest BCUT2D eigenvalue weighted by Gasteiger charge is 2.79. The molecule has 1 heterocycles. The number of ketones is 1.